The number of carbonyl (C=O) groups is 2. The molecule has 0 bridgehead atoms. The molecule has 0 aliphatic carbocycles. The molecule has 7 nitrogen and oxygen atoms in total. The van der Waals surface area contributed by atoms with Gasteiger partial charge in [-0.25, -0.2) is 9.59 Å². The van der Waals surface area contributed by atoms with Crippen molar-refractivity contribution >= 4 is 20.4 Å². The third-order valence-electron chi connectivity index (χ3n) is 4.32. The maximum atomic E-state index is 11.9. The summed E-state index contributed by atoms with van der Waals surface area (Å²) in [5, 5.41) is 10.3. The molecular formula is C14H26O7Si. The van der Waals surface area contributed by atoms with Gasteiger partial charge in [0.25, 0.3) is 0 Å². The second-order valence-electron chi connectivity index (χ2n) is 7.16. The molecular weight excluding hydrogens is 308 g/mol. The van der Waals surface area contributed by atoms with E-state index in [9.17, 15) is 14.7 Å². The van der Waals surface area contributed by atoms with Gasteiger partial charge in [0, 0.05) is 0 Å². The zero-order valence-corrected chi connectivity index (χ0v) is 15.3. The molecule has 22 heavy (non-hydrogen) atoms. The lowest BCUT2D eigenvalue weighted by Gasteiger charge is -2.40. The van der Waals surface area contributed by atoms with Crippen LogP contribution in [-0.4, -0.2) is 57.1 Å². The monoisotopic (exact) mass is 334 g/mol. The first kappa shape index (κ1) is 18.9. The highest BCUT2D eigenvalue weighted by Crippen LogP contribution is 2.41. The number of ether oxygens (including phenoxy) is 3. The number of cyclic esters (lactones) is 1. The number of rotatable bonds is 4. The largest absolute Gasteiger partial charge is 0.508 e. The van der Waals surface area contributed by atoms with E-state index in [1.165, 1.54) is 14.0 Å². The predicted octanol–water partition coefficient (Wildman–Crippen LogP) is 1.84. The van der Waals surface area contributed by atoms with Crippen molar-refractivity contribution in [2.45, 2.75) is 63.6 Å². The van der Waals surface area contributed by atoms with Crippen LogP contribution in [0.2, 0.25) is 18.1 Å². The van der Waals surface area contributed by atoms with Crippen molar-refractivity contribution in [1.82, 2.24) is 0 Å². The molecule has 1 saturated heterocycles. The van der Waals surface area contributed by atoms with Gasteiger partial charge in [0.2, 0.25) is 0 Å². The number of hydrogen-bond acceptors (Lipinski definition) is 7. The topological polar surface area (TPSA) is 91.3 Å². The van der Waals surface area contributed by atoms with Crippen molar-refractivity contribution in [3.63, 3.8) is 0 Å². The van der Waals surface area contributed by atoms with Gasteiger partial charge in [-0.2, -0.15) is 0 Å². The summed E-state index contributed by atoms with van der Waals surface area (Å²) >= 11 is 0. The number of esters is 1. The minimum Gasteiger partial charge on any atom is -0.454 e. The number of aliphatic hydroxyl groups is 1. The number of hydrogen-bond donors (Lipinski definition) is 1. The molecule has 1 heterocycles. The highest BCUT2D eigenvalue weighted by Gasteiger charge is 2.57. The Morgan fingerprint density at radius 1 is 1.41 bits per heavy atom. The first-order valence-electron chi connectivity index (χ1n) is 7.15. The summed E-state index contributed by atoms with van der Waals surface area (Å²) in [7, 11) is -1.08. The van der Waals surface area contributed by atoms with Crippen LogP contribution >= 0.6 is 0 Å². The lowest BCUT2D eigenvalue weighted by molar-refractivity contribution is -0.155. The van der Waals surface area contributed by atoms with Crippen molar-refractivity contribution in [2.75, 3.05) is 13.7 Å². The minimum atomic E-state index is -2.26. The molecule has 0 aromatic rings. The van der Waals surface area contributed by atoms with Gasteiger partial charge in [0.05, 0.1) is 7.11 Å². The highest BCUT2D eigenvalue weighted by molar-refractivity contribution is 6.74. The third kappa shape index (κ3) is 3.79. The van der Waals surface area contributed by atoms with E-state index in [4.69, 9.17) is 13.9 Å². The molecule has 0 aromatic heterocycles. The van der Waals surface area contributed by atoms with E-state index in [2.05, 4.69) is 4.74 Å². The first-order chi connectivity index (χ1) is 9.83. The van der Waals surface area contributed by atoms with Crippen molar-refractivity contribution < 1.29 is 33.3 Å². The third-order valence-corrected chi connectivity index (χ3v) is 8.78. The fraction of sp³-hybridized carbons (Fsp3) is 0.857. The Kier molecular flexibility index (Phi) is 5.31. The minimum absolute atomic E-state index is 0.109. The van der Waals surface area contributed by atoms with Gasteiger partial charge in [0.1, 0.15) is 12.7 Å². The molecule has 3 atom stereocenters. The van der Waals surface area contributed by atoms with Crippen LogP contribution in [0.25, 0.3) is 0 Å². The molecule has 1 N–H and O–H groups in total. The van der Waals surface area contributed by atoms with Crippen LogP contribution in [-0.2, 0) is 23.4 Å². The van der Waals surface area contributed by atoms with E-state index in [1.54, 1.807) is 0 Å². The van der Waals surface area contributed by atoms with Crippen LogP contribution < -0.4 is 0 Å². The van der Waals surface area contributed by atoms with Crippen LogP contribution in [0.3, 0.4) is 0 Å². The summed E-state index contributed by atoms with van der Waals surface area (Å²) in [5.74, 6) is -0.783. The molecule has 8 heteroatoms. The quantitative estimate of drug-likeness (QED) is 0.619. The Labute approximate surface area is 132 Å². The average molecular weight is 334 g/mol. The molecule has 0 amide bonds. The average Bonchev–Trinajstić information content (AvgIpc) is 2.57. The maximum absolute atomic E-state index is 11.9. The molecule has 0 unspecified atom stereocenters. The van der Waals surface area contributed by atoms with E-state index in [0.29, 0.717) is 0 Å². The summed E-state index contributed by atoms with van der Waals surface area (Å²) < 4.78 is 20.5. The van der Waals surface area contributed by atoms with E-state index in [1.807, 2.05) is 33.9 Å². The number of carbonyl (C=O) groups excluding carboxylic acids is 2. The van der Waals surface area contributed by atoms with Crippen LogP contribution in [0.4, 0.5) is 4.79 Å². The molecule has 0 aromatic carbocycles. The Morgan fingerprint density at radius 3 is 2.41 bits per heavy atom. The maximum Gasteiger partial charge on any atom is 0.508 e. The molecule has 0 saturated carbocycles. The smallest absolute Gasteiger partial charge is 0.454 e. The summed E-state index contributed by atoms with van der Waals surface area (Å²) in [5.41, 5.74) is -1.78. The van der Waals surface area contributed by atoms with Gasteiger partial charge >= 0.3 is 12.1 Å². The lowest BCUT2D eigenvalue weighted by atomic mass is 9.99. The summed E-state index contributed by atoms with van der Waals surface area (Å²) in [6, 6.07) is 0. The molecule has 1 aliphatic heterocycles. The highest BCUT2D eigenvalue weighted by atomic mass is 28.4. The van der Waals surface area contributed by atoms with E-state index >= 15 is 0 Å². The van der Waals surface area contributed by atoms with Crippen LogP contribution in [0.5, 0.6) is 0 Å². The Balaban J connectivity index is 2.93. The summed E-state index contributed by atoms with van der Waals surface area (Å²) in [6.45, 7) is 11.3. The summed E-state index contributed by atoms with van der Waals surface area (Å²) in [4.78, 5) is 22.9. The van der Waals surface area contributed by atoms with E-state index < -0.39 is 38.3 Å². The van der Waals surface area contributed by atoms with E-state index in [-0.39, 0.29) is 11.6 Å². The fourth-order valence-corrected chi connectivity index (χ4v) is 3.18. The van der Waals surface area contributed by atoms with Gasteiger partial charge in [-0.05, 0) is 25.1 Å². The van der Waals surface area contributed by atoms with Gasteiger partial charge in [-0.15, -0.1) is 0 Å². The van der Waals surface area contributed by atoms with Crippen molar-refractivity contribution in [3.8, 4) is 0 Å². The van der Waals surface area contributed by atoms with Crippen molar-refractivity contribution in [3.05, 3.63) is 0 Å². The zero-order valence-electron chi connectivity index (χ0n) is 14.3. The Morgan fingerprint density at radius 2 is 1.95 bits per heavy atom. The normalized spacial score (nSPS) is 29.2. The van der Waals surface area contributed by atoms with Crippen LogP contribution in [0, 0.1) is 0 Å². The van der Waals surface area contributed by atoms with Gasteiger partial charge < -0.3 is 23.7 Å². The SMILES string of the molecule is COC(=O)OC[C@H]1OC(=O)[C@@](C)(O)[C@@H]1O[Si](C)(C)C(C)(C)C. The molecule has 128 valence electrons. The first-order valence-corrected chi connectivity index (χ1v) is 10.1. The molecule has 0 spiro atoms. The van der Waals surface area contributed by atoms with Crippen molar-refractivity contribution in [2.24, 2.45) is 0 Å². The van der Waals surface area contributed by atoms with Crippen LogP contribution in [0.15, 0.2) is 0 Å². The van der Waals surface area contributed by atoms with Crippen molar-refractivity contribution in [1.29, 1.82) is 0 Å². The standard InChI is InChI=1S/C14H26O7Si/c1-13(2,3)22(6,7)21-10-9(8-19-12(16)18-5)20-11(15)14(10,4)17/h9-10,17H,8H2,1-7H3/t9-,10-,14+/m1/s1. The van der Waals surface area contributed by atoms with Gasteiger partial charge in [0.15, 0.2) is 20.0 Å². The van der Waals surface area contributed by atoms with Gasteiger partial charge in [-0.3, -0.25) is 0 Å². The predicted molar refractivity (Wildman–Crippen MR) is 80.9 cm³/mol. The van der Waals surface area contributed by atoms with Crippen LogP contribution in [0.1, 0.15) is 27.7 Å². The second kappa shape index (κ2) is 6.17. The molecule has 1 aliphatic rings. The Hall–Kier alpha value is -1.12. The van der Waals surface area contributed by atoms with E-state index in [0.717, 1.165) is 0 Å². The Bertz CT molecular complexity index is 439. The number of methoxy groups -OCH3 is 1. The molecule has 0 radical (unpaired) electrons. The van der Waals surface area contributed by atoms with Gasteiger partial charge in [-0.1, -0.05) is 20.8 Å². The lowest BCUT2D eigenvalue weighted by Crippen LogP contribution is -2.54. The second-order valence-corrected chi connectivity index (χ2v) is 11.9. The summed E-state index contributed by atoms with van der Waals surface area (Å²) in [6.07, 6.45) is -2.64. The fourth-order valence-electron chi connectivity index (χ4n) is 1.81. The molecule has 1 fully saturated rings. The zero-order chi connectivity index (χ0) is 17.3. The molecule has 1 rings (SSSR count).